The molecule has 0 aliphatic carbocycles. The highest BCUT2D eigenvalue weighted by atomic mass is 16.5. The normalized spacial score (nSPS) is 10.5. The van der Waals surface area contributed by atoms with Gasteiger partial charge in [-0.05, 0) is 41.8 Å². The monoisotopic (exact) mass is 465 g/mol. The number of hydrogen-bond acceptors (Lipinski definition) is 8. The van der Waals surface area contributed by atoms with E-state index in [4.69, 9.17) is 21.1 Å². The number of nitrogens with two attached hydrogens (primary N) is 1. The summed E-state index contributed by atoms with van der Waals surface area (Å²) >= 11 is 0. The molecule has 0 amide bonds. The zero-order valence-electron chi connectivity index (χ0n) is 19.0. The van der Waals surface area contributed by atoms with Crippen molar-refractivity contribution in [2.75, 3.05) is 17.3 Å². The Kier molecular flexibility index (Phi) is 8.14. The molecule has 0 unspecified atom stereocenters. The summed E-state index contributed by atoms with van der Waals surface area (Å²) in [5.74, 6) is -0.993. The zero-order valence-corrected chi connectivity index (χ0v) is 19.0. The number of carbonyl (C=O) groups excluding carboxylic acids is 1. The molecule has 174 valence electrons. The summed E-state index contributed by atoms with van der Waals surface area (Å²) in [5, 5.41) is 33.0. The molecule has 0 fully saturated rings. The minimum absolute atomic E-state index is 0.211. The van der Waals surface area contributed by atoms with E-state index in [1.165, 1.54) is 0 Å². The van der Waals surface area contributed by atoms with Gasteiger partial charge in [0.15, 0.2) is 5.84 Å². The number of anilines is 2. The summed E-state index contributed by atoms with van der Waals surface area (Å²) in [5.41, 5.74) is 12.2. The third kappa shape index (κ3) is 6.01. The molecule has 0 bridgehead atoms. The van der Waals surface area contributed by atoms with Gasteiger partial charge in [0, 0.05) is 6.54 Å². The van der Waals surface area contributed by atoms with Crippen molar-refractivity contribution in [3.63, 3.8) is 0 Å². The van der Waals surface area contributed by atoms with Gasteiger partial charge in [0.05, 0.1) is 35.2 Å². The lowest BCUT2D eigenvalue weighted by molar-refractivity contribution is 0.0527. The van der Waals surface area contributed by atoms with Gasteiger partial charge in [-0.15, -0.1) is 0 Å². The van der Waals surface area contributed by atoms with Crippen molar-refractivity contribution in [3.05, 3.63) is 83.4 Å². The average molecular weight is 466 g/mol. The van der Waals surface area contributed by atoms with E-state index in [0.29, 0.717) is 23.5 Å². The third-order valence-corrected chi connectivity index (χ3v) is 4.99. The first-order valence-electron chi connectivity index (χ1n) is 10.7. The van der Waals surface area contributed by atoms with E-state index in [1.807, 2.05) is 42.5 Å². The van der Waals surface area contributed by atoms with Crippen LogP contribution in [0.25, 0.3) is 11.1 Å². The minimum atomic E-state index is -0.516. The predicted molar refractivity (Wildman–Crippen MR) is 135 cm³/mol. The quantitative estimate of drug-likeness (QED) is 0.159. The van der Waals surface area contributed by atoms with Crippen LogP contribution in [0.2, 0.25) is 0 Å². The first kappa shape index (κ1) is 24.5. The van der Waals surface area contributed by atoms with Crippen molar-refractivity contribution in [3.8, 4) is 23.3 Å². The van der Waals surface area contributed by atoms with E-state index in [1.54, 1.807) is 37.3 Å². The highest BCUT2D eigenvalue weighted by Gasteiger charge is 2.16. The Morgan fingerprint density at radius 3 is 2.49 bits per heavy atom. The number of esters is 1. The Balaban J connectivity index is 1.88. The summed E-state index contributed by atoms with van der Waals surface area (Å²) in [6.07, 6.45) is 0. The van der Waals surface area contributed by atoms with E-state index >= 15 is 0 Å². The fourth-order valence-electron chi connectivity index (χ4n) is 3.30. The number of rotatable bonds is 9. The summed E-state index contributed by atoms with van der Waals surface area (Å²) in [6, 6.07) is 24.0. The number of nitrogens with zero attached hydrogens (tertiary/aromatic N) is 3. The maximum Gasteiger partial charge on any atom is 0.340 e. The molecule has 0 heterocycles. The van der Waals surface area contributed by atoms with Crippen molar-refractivity contribution in [2.24, 2.45) is 10.8 Å². The van der Waals surface area contributed by atoms with Crippen LogP contribution in [0.15, 0.2) is 71.8 Å². The van der Waals surface area contributed by atoms with Crippen molar-refractivity contribution >= 4 is 28.9 Å². The number of ether oxygens (including phenoxy) is 1. The van der Waals surface area contributed by atoms with Gasteiger partial charge in [0.25, 0.3) is 0 Å². The van der Waals surface area contributed by atoms with Gasteiger partial charge < -0.3 is 15.8 Å². The predicted octanol–water partition coefficient (Wildman–Crippen LogP) is 4.24. The van der Waals surface area contributed by atoms with Crippen LogP contribution >= 0.6 is 0 Å². The van der Waals surface area contributed by atoms with Crippen molar-refractivity contribution < 1.29 is 9.53 Å². The number of para-hydroxylation sites is 1. The van der Waals surface area contributed by atoms with Crippen LogP contribution in [-0.4, -0.2) is 24.1 Å². The Morgan fingerprint density at radius 1 is 1.09 bits per heavy atom. The van der Waals surface area contributed by atoms with E-state index in [9.17, 15) is 10.1 Å². The van der Waals surface area contributed by atoms with E-state index in [-0.39, 0.29) is 17.9 Å². The van der Waals surface area contributed by atoms with Crippen molar-refractivity contribution in [1.29, 1.82) is 15.9 Å². The SMILES string of the molecule is CCOC(=O)c1cccc(N/N=C(\C#N)C(=N)N)c1NCc1ccc(-c2ccccc2C#N)cc1. The number of nitriles is 2. The maximum atomic E-state index is 12.5. The molecule has 0 saturated carbocycles. The number of carbonyl (C=O) groups is 1. The number of amidine groups is 1. The summed E-state index contributed by atoms with van der Waals surface area (Å²) in [4.78, 5) is 12.5. The third-order valence-electron chi connectivity index (χ3n) is 4.99. The highest BCUT2D eigenvalue weighted by molar-refractivity contribution is 6.45. The second-order valence-corrected chi connectivity index (χ2v) is 7.25. The zero-order chi connectivity index (χ0) is 25.2. The van der Waals surface area contributed by atoms with E-state index in [0.717, 1.165) is 16.7 Å². The first-order chi connectivity index (χ1) is 17.0. The Bertz CT molecular complexity index is 1350. The van der Waals surface area contributed by atoms with Crippen molar-refractivity contribution in [1.82, 2.24) is 0 Å². The van der Waals surface area contributed by atoms with Gasteiger partial charge in [-0.1, -0.05) is 48.5 Å². The molecule has 0 aliphatic heterocycles. The Morgan fingerprint density at radius 2 is 1.83 bits per heavy atom. The van der Waals surface area contributed by atoms with Gasteiger partial charge in [-0.3, -0.25) is 10.8 Å². The molecule has 0 aliphatic rings. The molecule has 5 N–H and O–H groups in total. The molecule has 3 aromatic carbocycles. The van der Waals surface area contributed by atoms with Crippen molar-refractivity contribution in [2.45, 2.75) is 13.5 Å². The topological polar surface area (TPSA) is 160 Å². The van der Waals surface area contributed by atoms with Gasteiger partial charge >= 0.3 is 5.97 Å². The lowest BCUT2D eigenvalue weighted by atomic mass is 9.99. The second-order valence-electron chi connectivity index (χ2n) is 7.25. The molecule has 9 heteroatoms. The molecular formula is C26H23N7O2. The van der Waals surface area contributed by atoms with Gasteiger partial charge in [-0.25, -0.2) is 4.79 Å². The number of hydrazone groups is 1. The second kappa shape index (κ2) is 11.6. The maximum absolute atomic E-state index is 12.5. The van der Waals surface area contributed by atoms with Crippen LogP contribution in [-0.2, 0) is 11.3 Å². The smallest absolute Gasteiger partial charge is 0.340 e. The molecule has 0 saturated heterocycles. The molecule has 0 atom stereocenters. The number of nitrogens with one attached hydrogen (secondary N) is 3. The molecule has 0 spiro atoms. The van der Waals surface area contributed by atoms with Gasteiger partial charge in [0.2, 0.25) is 5.71 Å². The summed E-state index contributed by atoms with van der Waals surface area (Å²) in [7, 11) is 0. The summed E-state index contributed by atoms with van der Waals surface area (Å²) < 4.78 is 5.17. The molecule has 0 aromatic heterocycles. The summed E-state index contributed by atoms with van der Waals surface area (Å²) in [6.45, 7) is 2.30. The van der Waals surface area contributed by atoms with Crippen LogP contribution in [0.3, 0.4) is 0 Å². The molecule has 35 heavy (non-hydrogen) atoms. The lowest BCUT2D eigenvalue weighted by Crippen LogP contribution is -2.22. The van der Waals surface area contributed by atoms with Crippen LogP contribution in [0.5, 0.6) is 0 Å². The van der Waals surface area contributed by atoms with Crippen LogP contribution in [0.4, 0.5) is 11.4 Å². The number of hydrogen-bond donors (Lipinski definition) is 4. The molecule has 0 radical (unpaired) electrons. The van der Waals surface area contributed by atoms with Crippen LogP contribution in [0, 0.1) is 28.1 Å². The number of benzene rings is 3. The van der Waals surface area contributed by atoms with E-state index < -0.39 is 11.8 Å². The molecule has 9 nitrogen and oxygen atoms in total. The molecule has 3 aromatic rings. The van der Waals surface area contributed by atoms with Gasteiger partial charge in [-0.2, -0.15) is 15.6 Å². The fourth-order valence-corrected chi connectivity index (χ4v) is 3.30. The van der Waals surface area contributed by atoms with Crippen LogP contribution < -0.4 is 16.5 Å². The average Bonchev–Trinajstić information content (AvgIpc) is 2.88. The Labute approximate surface area is 203 Å². The first-order valence-corrected chi connectivity index (χ1v) is 10.7. The van der Waals surface area contributed by atoms with Crippen LogP contribution in [0.1, 0.15) is 28.4 Å². The largest absolute Gasteiger partial charge is 0.462 e. The minimum Gasteiger partial charge on any atom is -0.462 e. The fraction of sp³-hybridized carbons (Fsp3) is 0.115. The van der Waals surface area contributed by atoms with E-state index in [2.05, 4.69) is 21.9 Å². The standard InChI is InChI=1S/C26H23N7O2/c1-2-35-26(34)21-8-5-9-22(32-33-23(15-28)25(29)30)24(21)31-16-17-10-12-18(13-11-17)20-7-4-3-6-19(20)14-27/h3-13,31-32H,2,16H2,1H3,(H3,29,30)/b33-23+. The molecular weight excluding hydrogens is 442 g/mol. The van der Waals surface area contributed by atoms with Gasteiger partial charge in [0.1, 0.15) is 6.07 Å². The Hall–Kier alpha value is -5.15. The highest BCUT2D eigenvalue weighted by Crippen LogP contribution is 2.29. The molecule has 3 rings (SSSR count). The lowest BCUT2D eigenvalue weighted by Gasteiger charge is -2.16.